The lowest BCUT2D eigenvalue weighted by Crippen LogP contribution is -2.29. The fourth-order valence-electron chi connectivity index (χ4n) is 1.12. The van der Waals surface area contributed by atoms with Gasteiger partial charge in [0.1, 0.15) is 0 Å². The molecule has 1 N–H and O–H groups in total. The van der Waals surface area contributed by atoms with Gasteiger partial charge in [0.05, 0.1) is 12.2 Å². The third-order valence-electron chi connectivity index (χ3n) is 1.64. The van der Waals surface area contributed by atoms with Crippen molar-refractivity contribution >= 4 is 0 Å². The maximum atomic E-state index is 5.57. The van der Waals surface area contributed by atoms with E-state index in [2.05, 4.69) is 33.0 Å². The highest BCUT2D eigenvalue weighted by atomic mass is 16.5. The summed E-state index contributed by atoms with van der Waals surface area (Å²) in [6.45, 7) is 10.5. The van der Waals surface area contributed by atoms with Crippen LogP contribution >= 0.6 is 0 Å². The lowest BCUT2D eigenvalue weighted by atomic mass is 10.3. The highest BCUT2D eigenvalue weighted by molar-refractivity contribution is 4.56. The van der Waals surface area contributed by atoms with E-state index in [1.54, 1.807) is 0 Å². The van der Waals surface area contributed by atoms with E-state index in [0.29, 0.717) is 12.2 Å². The second-order valence-electron chi connectivity index (χ2n) is 3.55. The Morgan fingerprint density at radius 2 is 1.92 bits per heavy atom. The summed E-state index contributed by atoms with van der Waals surface area (Å²) in [6.07, 6.45) is 3.19. The van der Waals surface area contributed by atoms with Gasteiger partial charge >= 0.3 is 0 Å². The van der Waals surface area contributed by atoms with Crippen molar-refractivity contribution in [3.05, 3.63) is 0 Å². The van der Waals surface area contributed by atoms with Crippen LogP contribution in [-0.4, -0.2) is 25.3 Å². The van der Waals surface area contributed by atoms with Gasteiger partial charge < -0.3 is 10.1 Å². The molecule has 2 heteroatoms. The van der Waals surface area contributed by atoms with Crippen LogP contribution in [-0.2, 0) is 4.74 Å². The van der Waals surface area contributed by atoms with Crippen LogP contribution in [0.25, 0.3) is 0 Å². The van der Waals surface area contributed by atoms with Crippen molar-refractivity contribution in [2.75, 3.05) is 13.1 Å². The molecule has 0 aromatic carbocycles. The Kier molecular flexibility index (Phi) is 7.51. The van der Waals surface area contributed by atoms with Gasteiger partial charge in [-0.1, -0.05) is 13.3 Å². The minimum absolute atomic E-state index is 0.335. The van der Waals surface area contributed by atoms with Crippen LogP contribution in [0.15, 0.2) is 0 Å². The molecule has 0 amide bonds. The summed E-state index contributed by atoms with van der Waals surface area (Å²) in [7, 11) is 0. The number of unbranched alkanes of at least 4 members (excludes halogenated alkanes) is 1. The van der Waals surface area contributed by atoms with Gasteiger partial charge in [0.2, 0.25) is 0 Å². The van der Waals surface area contributed by atoms with E-state index in [9.17, 15) is 0 Å². The van der Waals surface area contributed by atoms with E-state index in [1.807, 2.05) is 0 Å². The zero-order valence-electron chi connectivity index (χ0n) is 8.89. The number of rotatable bonds is 7. The lowest BCUT2D eigenvalue weighted by molar-refractivity contribution is 0.0196. The van der Waals surface area contributed by atoms with Gasteiger partial charge in [-0.15, -0.1) is 0 Å². The van der Waals surface area contributed by atoms with Crippen molar-refractivity contribution in [1.82, 2.24) is 5.32 Å². The summed E-state index contributed by atoms with van der Waals surface area (Å²) in [5.74, 6) is 0. The average molecular weight is 173 g/mol. The van der Waals surface area contributed by atoms with Crippen molar-refractivity contribution in [2.45, 2.75) is 52.7 Å². The first-order valence-electron chi connectivity index (χ1n) is 5.03. The normalized spacial score (nSPS) is 13.8. The van der Waals surface area contributed by atoms with Gasteiger partial charge in [-0.05, 0) is 33.7 Å². The maximum absolute atomic E-state index is 5.57. The molecule has 1 unspecified atom stereocenters. The van der Waals surface area contributed by atoms with Crippen molar-refractivity contribution in [3.8, 4) is 0 Å². The molecule has 0 rings (SSSR count). The first kappa shape index (κ1) is 11.9. The minimum Gasteiger partial charge on any atom is -0.375 e. The predicted octanol–water partition coefficient (Wildman–Crippen LogP) is 2.19. The first-order chi connectivity index (χ1) is 5.66. The Hall–Kier alpha value is -0.0800. The molecular formula is C10H23NO. The van der Waals surface area contributed by atoms with Crippen molar-refractivity contribution in [3.63, 3.8) is 0 Å². The fraction of sp³-hybridized carbons (Fsp3) is 1.00. The van der Waals surface area contributed by atoms with Gasteiger partial charge in [0.25, 0.3) is 0 Å². The van der Waals surface area contributed by atoms with Crippen LogP contribution in [0.5, 0.6) is 0 Å². The minimum atomic E-state index is 0.335. The Morgan fingerprint density at radius 1 is 1.25 bits per heavy atom. The van der Waals surface area contributed by atoms with E-state index in [-0.39, 0.29) is 0 Å². The second kappa shape index (κ2) is 7.56. The number of hydrogen-bond acceptors (Lipinski definition) is 2. The van der Waals surface area contributed by atoms with Gasteiger partial charge in [0, 0.05) is 6.54 Å². The van der Waals surface area contributed by atoms with E-state index < -0.39 is 0 Å². The molecule has 0 fully saturated rings. The zero-order chi connectivity index (χ0) is 9.40. The molecule has 0 aromatic rings. The summed E-state index contributed by atoms with van der Waals surface area (Å²) < 4.78 is 5.57. The number of hydrogen-bond donors (Lipinski definition) is 1. The SMILES string of the molecule is CCCCNCC(C)OC(C)C. The molecule has 12 heavy (non-hydrogen) atoms. The van der Waals surface area contributed by atoms with E-state index in [4.69, 9.17) is 4.74 Å². The molecule has 0 aliphatic heterocycles. The molecule has 2 nitrogen and oxygen atoms in total. The van der Waals surface area contributed by atoms with Crippen LogP contribution in [0, 0.1) is 0 Å². The molecule has 0 aromatic heterocycles. The molecule has 0 aliphatic carbocycles. The van der Waals surface area contributed by atoms with Crippen LogP contribution in [0.2, 0.25) is 0 Å². The zero-order valence-corrected chi connectivity index (χ0v) is 8.89. The summed E-state index contributed by atoms with van der Waals surface area (Å²) in [5, 5.41) is 3.37. The molecule has 0 bridgehead atoms. The molecule has 0 saturated heterocycles. The summed E-state index contributed by atoms with van der Waals surface area (Å²) in [5.41, 5.74) is 0. The molecular weight excluding hydrogens is 150 g/mol. The van der Waals surface area contributed by atoms with Crippen LogP contribution < -0.4 is 5.32 Å². The molecule has 1 atom stereocenters. The van der Waals surface area contributed by atoms with E-state index >= 15 is 0 Å². The first-order valence-corrected chi connectivity index (χ1v) is 5.03. The number of nitrogens with one attached hydrogen (secondary N) is 1. The van der Waals surface area contributed by atoms with Gasteiger partial charge in [-0.25, -0.2) is 0 Å². The standard InChI is InChI=1S/C10H23NO/c1-5-6-7-11-8-10(4)12-9(2)3/h9-11H,5-8H2,1-4H3. The predicted molar refractivity (Wildman–Crippen MR) is 53.5 cm³/mol. The largest absolute Gasteiger partial charge is 0.375 e. The van der Waals surface area contributed by atoms with Crippen molar-refractivity contribution in [1.29, 1.82) is 0 Å². The highest BCUT2D eigenvalue weighted by Crippen LogP contribution is 1.95. The second-order valence-corrected chi connectivity index (χ2v) is 3.55. The van der Waals surface area contributed by atoms with Crippen LogP contribution in [0.4, 0.5) is 0 Å². The Morgan fingerprint density at radius 3 is 2.42 bits per heavy atom. The molecule has 0 radical (unpaired) electrons. The Bertz CT molecular complexity index is 93.8. The lowest BCUT2D eigenvalue weighted by Gasteiger charge is -2.16. The summed E-state index contributed by atoms with van der Waals surface area (Å²) >= 11 is 0. The molecule has 0 aliphatic rings. The summed E-state index contributed by atoms with van der Waals surface area (Å²) in [4.78, 5) is 0. The van der Waals surface area contributed by atoms with Gasteiger partial charge in [-0.3, -0.25) is 0 Å². The van der Waals surface area contributed by atoms with E-state index in [1.165, 1.54) is 12.8 Å². The molecule has 0 heterocycles. The average Bonchev–Trinajstić information content (AvgIpc) is 1.97. The van der Waals surface area contributed by atoms with Crippen LogP contribution in [0.1, 0.15) is 40.5 Å². The van der Waals surface area contributed by atoms with Gasteiger partial charge in [-0.2, -0.15) is 0 Å². The smallest absolute Gasteiger partial charge is 0.0674 e. The Balaban J connectivity index is 3.14. The maximum Gasteiger partial charge on any atom is 0.0674 e. The molecule has 74 valence electrons. The van der Waals surface area contributed by atoms with Gasteiger partial charge in [0.15, 0.2) is 0 Å². The quantitative estimate of drug-likeness (QED) is 0.596. The van der Waals surface area contributed by atoms with Crippen LogP contribution in [0.3, 0.4) is 0 Å². The topological polar surface area (TPSA) is 21.3 Å². The monoisotopic (exact) mass is 173 g/mol. The summed E-state index contributed by atoms with van der Waals surface area (Å²) in [6, 6.07) is 0. The third kappa shape index (κ3) is 8.02. The van der Waals surface area contributed by atoms with Crippen molar-refractivity contribution < 1.29 is 4.74 Å². The molecule has 0 saturated carbocycles. The number of ether oxygens (including phenoxy) is 1. The van der Waals surface area contributed by atoms with Crippen molar-refractivity contribution in [2.24, 2.45) is 0 Å². The highest BCUT2D eigenvalue weighted by Gasteiger charge is 2.02. The van der Waals surface area contributed by atoms with E-state index in [0.717, 1.165) is 13.1 Å². The molecule has 0 spiro atoms. The Labute approximate surface area is 76.7 Å². The fourth-order valence-corrected chi connectivity index (χ4v) is 1.12. The third-order valence-corrected chi connectivity index (χ3v) is 1.64.